The Kier molecular flexibility index (Phi) is 2.22. The van der Waals surface area contributed by atoms with Crippen LogP contribution >= 0.6 is 0 Å². The molecular weight excluding hydrogens is 218 g/mol. The van der Waals surface area contributed by atoms with Crippen LogP contribution in [0.5, 0.6) is 0 Å². The summed E-state index contributed by atoms with van der Waals surface area (Å²) >= 11 is 0. The van der Waals surface area contributed by atoms with Crippen molar-refractivity contribution in [2.24, 2.45) is 0 Å². The quantitative estimate of drug-likeness (QED) is 0.675. The second kappa shape index (κ2) is 3.86. The van der Waals surface area contributed by atoms with Crippen LogP contribution in [0.4, 0.5) is 11.7 Å². The summed E-state index contributed by atoms with van der Waals surface area (Å²) in [5, 5.41) is 3.08. The predicted octanol–water partition coefficient (Wildman–Crippen LogP) is 2.62. The van der Waals surface area contributed by atoms with Crippen LogP contribution in [0.25, 0.3) is 11.1 Å². The van der Waals surface area contributed by atoms with E-state index in [2.05, 4.69) is 10.3 Å². The van der Waals surface area contributed by atoms with Crippen LogP contribution in [0.3, 0.4) is 0 Å². The van der Waals surface area contributed by atoms with Crippen LogP contribution in [-0.2, 0) is 6.54 Å². The van der Waals surface area contributed by atoms with Gasteiger partial charge in [0.1, 0.15) is 5.52 Å². The Balaban J connectivity index is 1.81. The monoisotopic (exact) mass is 229 g/mol. The summed E-state index contributed by atoms with van der Waals surface area (Å²) < 4.78 is 10.5. The first-order valence-electron chi connectivity index (χ1n) is 5.22. The van der Waals surface area contributed by atoms with Gasteiger partial charge in [0.05, 0.1) is 12.5 Å². The van der Waals surface area contributed by atoms with Crippen molar-refractivity contribution in [3.63, 3.8) is 0 Å². The molecule has 17 heavy (non-hydrogen) atoms. The Bertz CT molecular complexity index is 628. The first-order valence-corrected chi connectivity index (χ1v) is 5.22. The van der Waals surface area contributed by atoms with Gasteiger partial charge >= 0.3 is 0 Å². The van der Waals surface area contributed by atoms with Crippen molar-refractivity contribution in [1.29, 1.82) is 0 Å². The van der Waals surface area contributed by atoms with E-state index in [0.29, 0.717) is 23.8 Å². The Labute approximate surface area is 97.2 Å². The maximum Gasteiger partial charge on any atom is 0.295 e. The van der Waals surface area contributed by atoms with Crippen molar-refractivity contribution in [1.82, 2.24) is 4.98 Å². The van der Waals surface area contributed by atoms with E-state index in [4.69, 9.17) is 14.6 Å². The average Bonchev–Trinajstić information content (AvgIpc) is 2.94. The molecule has 2 heterocycles. The van der Waals surface area contributed by atoms with Crippen LogP contribution in [0.1, 0.15) is 5.56 Å². The average molecular weight is 229 g/mol. The lowest BCUT2D eigenvalue weighted by molar-refractivity contribution is 0.563. The fourth-order valence-corrected chi connectivity index (χ4v) is 1.59. The van der Waals surface area contributed by atoms with Crippen LogP contribution in [-0.4, -0.2) is 4.98 Å². The Hall–Kier alpha value is -2.43. The standard InChI is InChI=1S/C12H11N3O2/c13-9-1-2-10-11(5-9)17-12(15-10)14-6-8-3-4-16-7-8/h1-5,7H,6,13H2,(H,14,15). The van der Waals surface area contributed by atoms with E-state index in [-0.39, 0.29) is 0 Å². The van der Waals surface area contributed by atoms with Gasteiger partial charge in [-0.1, -0.05) is 0 Å². The number of nitrogens with one attached hydrogen (secondary N) is 1. The number of fused-ring (bicyclic) bond motifs is 1. The van der Waals surface area contributed by atoms with Gasteiger partial charge in [0.15, 0.2) is 5.58 Å². The molecule has 3 aromatic rings. The lowest BCUT2D eigenvalue weighted by Gasteiger charge is -1.96. The van der Waals surface area contributed by atoms with E-state index < -0.39 is 0 Å². The highest BCUT2D eigenvalue weighted by molar-refractivity contribution is 5.78. The molecule has 0 radical (unpaired) electrons. The Morgan fingerprint density at radius 1 is 1.29 bits per heavy atom. The van der Waals surface area contributed by atoms with Gasteiger partial charge < -0.3 is 19.9 Å². The van der Waals surface area contributed by atoms with E-state index >= 15 is 0 Å². The van der Waals surface area contributed by atoms with Gasteiger partial charge in [-0.3, -0.25) is 0 Å². The number of rotatable bonds is 3. The van der Waals surface area contributed by atoms with Crippen molar-refractivity contribution in [2.75, 3.05) is 11.1 Å². The molecule has 0 aliphatic rings. The van der Waals surface area contributed by atoms with Crippen molar-refractivity contribution in [2.45, 2.75) is 6.54 Å². The molecule has 0 atom stereocenters. The molecule has 5 heteroatoms. The molecule has 86 valence electrons. The number of nitrogens with zero attached hydrogens (tertiary/aromatic N) is 1. The third kappa shape index (κ3) is 1.94. The molecule has 0 saturated heterocycles. The molecule has 3 rings (SSSR count). The summed E-state index contributed by atoms with van der Waals surface area (Å²) in [6.07, 6.45) is 3.30. The minimum absolute atomic E-state index is 0.479. The van der Waals surface area contributed by atoms with Crippen molar-refractivity contribution in [3.8, 4) is 0 Å². The zero-order valence-corrected chi connectivity index (χ0v) is 9.01. The number of furan rings is 1. The highest BCUT2D eigenvalue weighted by Gasteiger charge is 2.05. The normalized spacial score (nSPS) is 10.8. The van der Waals surface area contributed by atoms with Crippen LogP contribution < -0.4 is 11.1 Å². The molecule has 0 unspecified atom stereocenters. The molecule has 0 saturated carbocycles. The summed E-state index contributed by atoms with van der Waals surface area (Å²) in [5.74, 6) is 0. The van der Waals surface area contributed by atoms with Gasteiger partial charge in [-0.05, 0) is 18.2 Å². The summed E-state index contributed by atoms with van der Waals surface area (Å²) in [6.45, 7) is 0.610. The molecule has 1 aromatic carbocycles. The molecule has 2 aromatic heterocycles. The maximum absolute atomic E-state index is 5.66. The third-order valence-corrected chi connectivity index (χ3v) is 2.44. The number of hydrogen-bond donors (Lipinski definition) is 2. The topological polar surface area (TPSA) is 77.2 Å². The van der Waals surface area contributed by atoms with Crippen molar-refractivity contribution in [3.05, 3.63) is 42.4 Å². The molecule has 5 nitrogen and oxygen atoms in total. The van der Waals surface area contributed by atoms with Crippen LogP contribution in [0.2, 0.25) is 0 Å². The first kappa shape index (κ1) is 9.77. The van der Waals surface area contributed by atoms with E-state index in [0.717, 1.165) is 11.1 Å². The van der Waals surface area contributed by atoms with Crippen LogP contribution in [0, 0.1) is 0 Å². The molecule has 0 spiro atoms. The molecule has 0 amide bonds. The second-order valence-corrected chi connectivity index (χ2v) is 3.73. The fourth-order valence-electron chi connectivity index (χ4n) is 1.59. The molecule has 3 N–H and O–H groups in total. The van der Waals surface area contributed by atoms with Gasteiger partial charge in [-0.25, -0.2) is 0 Å². The van der Waals surface area contributed by atoms with Crippen molar-refractivity contribution < 1.29 is 8.83 Å². The van der Waals surface area contributed by atoms with E-state index in [1.807, 2.05) is 12.1 Å². The van der Waals surface area contributed by atoms with Gasteiger partial charge in [0, 0.05) is 23.9 Å². The Morgan fingerprint density at radius 2 is 2.24 bits per heavy atom. The minimum Gasteiger partial charge on any atom is -0.472 e. The molecular formula is C12H11N3O2. The number of oxazole rings is 1. The second-order valence-electron chi connectivity index (χ2n) is 3.73. The van der Waals surface area contributed by atoms with E-state index in [1.165, 1.54) is 0 Å². The number of nitrogens with two attached hydrogens (primary N) is 1. The summed E-state index contributed by atoms with van der Waals surface area (Å²) in [7, 11) is 0. The Morgan fingerprint density at radius 3 is 3.06 bits per heavy atom. The number of nitrogen functional groups attached to an aromatic ring is 1. The molecule has 0 aliphatic heterocycles. The summed E-state index contributed by atoms with van der Waals surface area (Å²) in [4.78, 5) is 4.29. The lowest BCUT2D eigenvalue weighted by atomic mass is 10.3. The number of benzene rings is 1. The highest BCUT2D eigenvalue weighted by Crippen LogP contribution is 2.21. The fraction of sp³-hybridized carbons (Fsp3) is 0.0833. The summed E-state index contributed by atoms with van der Waals surface area (Å²) in [6, 6.07) is 7.74. The van der Waals surface area contributed by atoms with Gasteiger partial charge in [-0.2, -0.15) is 4.98 Å². The molecule has 0 fully saturated rings. The number of hydrogen-bond acceptors (Lipinski definition) is 5. The van der Waals surface area contributed by atoms with Gasteiger partial charge in [0.25, 0.3) is 6.01 Å². The molecule has 0 aliphatic carbocycles. The SMILES string of the molecule is Nc1ccc2nc(NCc3ccoc3)oc2c1. The first-order chi connectivity index (χ1) is 8.31. The predicted molar refractivity (Wildman–Crippen MR) is 64.5 cm³/mol. The van der Waals surface area contributed by atoms with Gasteiger partial charge in [-0.15, -0.1) is 0 Å². The zero-order chi connectivity index (χ0) is 11.7. The molecule has 0 bridgehead atoms. The van der Waals surface area contributed by atoms with E-state index in [1.54, 1.807) is 24.7 Å². The third-order valence-electron chi connectivity index (χ3n) is 2.44. The van der Waals surface area contributed by atoms with Gasteiger partial charge in [0.2, 0.25) is 0 Å². The maximum atomic E-state index is 5.66. The smallest absolute Gasteiger partial charge is 0.295 e. The largest absolute Gasteiger partial charge is 0.472 e. The zero-order valence-electron chi connectivity index (χ0n) is 9.01. The minimum atomic E-state index is 0.479. The number of aromatic nitrogens is 1. The summed E-state index contributed by atoms with van der Waals surface area (Å²) in [5.41, 5.74) is 8.83. The lowest BCUT2D eigenvalue weighted by Crippen LogP contribution is -1.97. The van der Waals surface area contributed by atoms with E-state index in [9.17, 15) is 0 Å². The van der Waals surface area contributed by atoms with Crippen LogP contribution in [0.15, 0.2) is 45.6 Å². The highest BCUT2D eigenvalue weighted by atomic mass is 16.4. The van der Waals surface area contributed by atoms with Crippen molar-refractivity contribution >= 4 is 22.8 Å². The number of anilines is 2.